The quantitative estimate of drug-likeness (QED) is 0.170. The molecular weight excluding hydrogens is 585 g/mol. The first kappa shape index (κ1) is 28.9. The van der Waals surface area contributed by atoms with E-state index in [2.05, 4.69) is 180 Å². The summed E-state index contributed by atoms with van der Waals surface area (Å²) < 4.78 is 0. The van der Waals surface area contributed by atoms with E-state index in [-0.39, 0.29) is 0 Å². The van der Waals surface area contributed by atoms with Crippen LogP contribution in [0.4, 0.5) is 34.1 Å². The van der Waals surface area contributed by atoms with Gasteiger partial charge in [-0.3, -0.25) is 0 Å². The lowest BCUT2D eigenvalue weighted by Crippen LogP contribution is -2.09. The number of hydrogen-bond donors (Lipinski definition) is 0. The van der Waals surface area contributed by atoms with Crippen molar-refractivity contribution in [3.8, 4) is 22.5 Å². The van der Waals surface area contributed by atoms with E-state index >= 15 is 0 Å². The van der Waals surface area contributed by atoms with Crippen LogP contribution in [0.25, 0.3) is 33.5 Å². The highest BCUT2D eigenvalue weighted by Crippen LogP contribution is 2.37. The topological polar surface area (TPSA) is 32.3 Å². The Kier molecular flexibility index (Phi) is 7.87. The van der Waals surface area contributed by atoms with Crippen LogP contribution in [0.1, 0.15) is 0 Å². The smallest absolute Gasteiger partial charge is 0.0894 e. The molecule has 0 saturated carbocycles. The molecule has 228 valence electrons. The van der Waals surface area contributed by atoms with Crippen LogP contribution in [0.15, 0.2) is 194 Å². The monoisotopic (exact) mass is 616 g/mol. The van der Waals surface area contributed by atoms with Crippen molar-refractivity contribution in [3.63, 3.8) is 0 Å². The van der Waals surface area contributed by atoms with Gasteiger partial charge in [0.05, 0.1) is 22.4 Å². The molecule has 0 saturated heterocycles. The van der Waals surface area contributed by atoms with Gasteiger partial charge in [-0.15, -0.1) is 0 Å². The molecule has 8 rings (SSSR count). The predicted octanol–water partition coefficient (Wildman–Crippen LogP) is 11.9. The number of para-hydroxylation sites is 4. The van der Waals surface area contributed by atoms with Crippen LogP contribution in [0.3, 0.4) is 0 Å². The molecule has 2 heterocycles. The van der Waals surface area contributed by atoms with E-state index in [4.69, 9.17) is 9.97 Å². The van der Waals surface area contributed by atoms with E-state index in [0.29, 0.717) is 0 Å². The third kappa shape index (κ3) is 5.91. The average Bonchev–Trinajstić information content (AvgIpc) is 3.17. The fraction of sp³-hybridized carbons (Fsp3) is 0. The lowest BCUT2D eigenvalue weighted by Gasteiger charge is -2.25. The first-order valence-electron chi connectivity index (χ1n) is 16.1. The highest BCUT2D eigenvalue weighted by molar-refractivity contribution is 5.83. The number of aromatic nitrogens is 2. The fourth-order valence-electron chi connectivity index (χ4n) is 6.10. The largest absolute Gasteiger partial charge is 0.311 e. The van der Waals surface area contributed by atoms with E-state index in [1.807, 2.05) is 24.3 Å². The molecule has 4 nitrogen and oxygen atoms in total. The average molecular weight is 617 g/mol. The molecule has 0 spiro atoms. The van der Waals surface area contributed by atoms with Crippen LogP contribution < -0.4 is 9.80 Å². The van der Waals surface area contributed by atoms with E-state index in [1.54, 1.807) is 0 Å². The number of anilines is 6. The van der Waals surface area contributed by atoms with Gasteiger partial charge < -0.3 is 9.80 Å². The molecule has 48 heavy (non-hydrogen) atoms. The summed E-state index contributed by atoms with van der Waals surface area (Å²) in [4.78, 5) is 14.5. The Bertz CT molecular complexity index is 2010. The summed E-state index contributed by atoms with van der Waals surface area (Å²) in [7, 11) is 0. The van der Waals surface area contributed by atoms with Gasteiger partial charge in [-0.25, -0.2) is 9.97 Å². The van der Waals surface area contributed by atoms with Crippen molar-refractivity contribution in [2.45, 2.75) is 0 Å². The Morgan fingerprint density at radius 1 is 0.250 bits per heavy atom. The van der Waals surface area contributed by atoms with Crippen molar-refractivity contribution >= 4 is 45.2 Å². The van der Waals surface area contributed by atoms with Gasteiger partial charge in [0.1, 0.15) is 0 Å². The maximum atomic E-state index is 4.99. The second kappa shape index (κ2) is 13.1. The first-order valence-corrected chi connectivity index (χ1v) is 16.1. The van der Waals surface area contributed by atoms with Gasteiger partial charge in [-0.1, -0.05) is 97.1 Å². The number of pyridine rings is 2. The lowest BCUT2D eigenvalue weighted by molar-refractivity contribution is 1.28. The number of rotatable bonds is 8. The van der Waals surface area contributed by atoms with E-state index in [9.17, 15) is 0 Å². The van der Waals surface area contributed by atoms with E-state index < -0.39 is 0 Å². The molecule has 0 N–H and O–H groups in total. The van der Waals surface area contributed by atoms with Crippen LogP contribution in [-0.2, 0) is 0 Å². The van der Waals surface area contributed by atoms with Gasteiger partial charge in [0, 0.05) is 45.3 Å². The van der Waals surface area contributed by atoms with Gasteiger partial charge >= 0.3 is 0 Å². The third-order valence-electron chi connectivity index (χ3n) is 8.44. The normalized spacial score (nSPS) is 10.9. The summed E-state index contributed by atoms with van der Waals surface area (Å²) in [6.45, 7) is 0. The zero-order valence-electron chi connectivity index (χ0n) is 26.3. The molecule has 0 atom stereocenters. The molecule has 4 heteroatoms. The molecular formula is C44H32N4. The molecule has 0 aliphatic heterocycles. The summed E-state index contributed by atoms with van der Waals surface area (Å²) in [6.07, 6.45) is 0. The summed E-state index contributed by atoms with van der Waals surface area (Å²) in [5, 5.41) is 0. The van der Waals surface area contributed by atoms with Gasteiger partial charge in [0.2, 0.25) is 0 Å². The Morgan fingerprint density at radius 3 is 0.812 bits per heavy atom. The van der Waals surface area contributed by atoms with Crippen molar-refractivity contribution in [1.82, 2.24) is 9.97 Å². The number of nitrogens with zero attached hydrogens (tertiary/aromatic N) is 4. The van der Waals surface area contributed by atoms with E-state index in [0.717, 1.165) is 67.7 Å². The van der Waals surface area contributed by atoms with E-state index in [1.165, 1.54) is 0 Å². The van der Waals surface area contributed by atoms with Gasteiger partial charge in [0.15, 0.2) is 0 Å². The first-order chi connectivity index (χ1) is 23.8. The molecule has 0 bridgehead atoms. The number of hydrogen-bond acceptors (Lipinski definition) is 4. The highest BCUT2D eigenvalue weighted by atomic mass is 15.1. The number of benzene rings is 6. The maximum absolute atomic E-state index is 4.99. The van der Waals surface area contributed by atoms with Crippen LogP contribution >= 0.6 is 0 Å². The minimum Gasteiger partial charge on any atom is -0.311 e. The van der Waals surface area contributed by atoms with Crippen molar-refractivity contribution in [2.75, 3.05) is 9.80 Å². The molecule has 0 aliphatic carbocycles. The standard InChI is InChI=1S/C44H32N4/c1-5-13-35(14-6-1)47(36-15-7-2-8-16-36)39-25-21-33(22-26-39)41-29-31-44-43(45-41)32-30-42(46-44)34-23-27-40(28-24-34)48(37-17-9-3-10-18-37)38-19-11-4-12-20-38/h1-32H. The molecule has 0 radical (unpaired) electrons. The second-order valence-electron chi connectivity index (χ2n) is 11.5. The fourth-order valence-corrected chi connectivity index (χ4v) is 6.10. The van der Waals surface area contributed by atoms with Crippen molar-refractivity contribution in [1.29, 1.82) is 0 Å². The molecule has 0 amide bonds. The summed E-state index contributed by atoms with van der Waals surface area (Å²) in [5.74, 6) is 0. The predicted molar refractivity (Wildman–Crippen MR) is 200 cm³/mol. The van der Waals surface area contributed by atoms with Gasteiger partial charge in [-0.2, -0.15) is 0 Å². The van der Waals surface area contributed by atoms with Gasteiger partial charge in [0.25, 0.3) is 0 Å². The molecule has 0 aliphatic rings. The van der Waals surface area contributed by atoms with Crippen molar-refractivity contribution in [3.05, 3.63) is 194 Å². The lowest BCUT2D eigenvalue weighted by atomic mass is 10.1. The second-order valence-corrected chi connectivity index (χ2v) is 11.5. The minimum absolute atomic E-state index is 0.867. The Hall–Kier alpha value is -6.52. The maximum Gasteiger partial charge on any atom is 0.0894 e. The Labute approximate surface area is 280 Å². The van der Waals surface area contributed by atoms with Crippen molar-refractivity contribution in [2.24, 2.45) is 0 Å². The third-order valence-corrected chi connectivity index (χ3v) is 8.44. The SMILES string of the molecule is c1ccc(N(c2ccccc2)c2ccc(-c3ccc4nc(-c5ccc(N(c6ccccc6)c6ccccc6)cc5)ccc4n3)cc2)cc1. The molecule has 0 unspecified atom stereocenters. The van der Waals surface area contributed by atoms with Crippen LogP contribution in [0.2, 0.25) is 0 Å². The molecule has 8 aromatic rings. The Morgan fingerprint density at radius 2 is 0.521 bits per heavy atom. The van der Waals surface area contributed by atoms with Crippen LogP contribution in [0, 0.1) is 0 Å². The minimum atomic E-state index is 0.867. The summed E-state index contributed by atoms with van der Waals surface area (Å²) in [5.41, 5.74) is 12.3. The summed E-state index contributed by atoms with van der Waals surface area (Å²) >= 11 is 0. The number of fused-ring (bicyclic) bond motifs is 1. The molecule has 6 aromatic carbocycles. The zero-order valence-corrected chi connectivity index (χ0v) is 26.3. The molecule has 0 fully saturated rings. The Balaban J connectivity index is 1.05. The molecule has 2 aromatic heterocycles. The zero-order chi connectivity index (χ0) is 32.1. The highest BCUT2D eigenvalue weighted by Gasteiger charge is 2.14. The summed E-state index contributed by atoms with van der Waals surface area (Å²) in [6, 6.07) is 67.2. The van der Waals surface area contributed by atoms with Gasteiger partial charge in [-0.05, 0) is 97.1 Å². The van der Waals surface area contributed by atoms with Crippen molar-refractivity contribution < 1.29 is 0 Å². The van der Waals surface area contributed by atoms with Crippen LogP contribution in [0.5, 0.6) is 0 Å². The van der Waals surface area contributed by atoms with Crippen LogP contribution in [-0.4, -0.2) is 9.97 Å².